The summed E-state index contributed by atoms with van der Waals surface area (Å²) in [6, 6.07) is 8.75. The van der Waals surface area contributed by atoms with Gasteiger partial charge in [-0.25, -0.2) is 4.98 Å². The van der Waals surface area contributed by atoms with Crippen LogP contribution in [-0.2, 0) is 30.4 Å². The van der Waals surface area contributed by atoms with Gasteiger partial charge in [0.15, 0.2) is 11.5 Å². The summed E-state index contributed by atoms with van der Waals surface area (Å²) < 4.78 is 23.0. The number of oxazole rings is 1. The average molecular weight is 931 g/mol. The molecule has 0 saturated carbocycles. The standard InChI is InChI=1S/C47H61N5O15/c1-2-3-4-5-6-7-8-9-10-11-16-49-17-19-50(20-18-49)41(53)15-13-32-12-14-34(51(28-42(54)55)29-43(56)57)37(23-32)64-21-22-65-38-24-33-25-39(46-48-27-40(67-46)47(62)63)66-36(33)26-35(38)52(30-44(58)59)31-45(60)61/h12,14,23-27H,2-11,13,15-22,28-31H2,1H3,(H,54,55)(H,56,57)(H,58,59)(H,60,61)(H,62,63)/p-5. The first-order valence-corrected chi connectivity index (χ1v) is 22.6. The van der Waals surface area contributed by atoms with Crippen molar-refractivity contribution in [2.45, 2.75) is 84.0 Å². The van der Waals surface area contributed by atoms with Gasteiger partial charge in [0, 0.05) is 44.1 Å². The SMILES string of the molecule is CCCCCCCCCCCCN1CCN(C(=O)CCc2ccc(N(CC(=O)[O-])CC(=O)[O-])c(OCCOc3cc4cc(-c5ncc(C(=O)[O-])o5)oc4cc3N(CC(=O)[O-])CC(=O)[O-])c2)CC1. The Kier molecular flexibility index (Phi) is 19.7. The van der Waals surface area contributed by atoms with Crippen LogP contribution in [0.15, 0.2) is 51.4 Å². The molecule has 1 fully saturated rings. The van der Waals surface area contributed by atoms with Crippen molar-refractivity contribution < 1.29 is 72.6 Å². The van der Waals surface area contributed by atoms with Gasteiger partial charge in [0.2, 0.25) is 5.91 Å². The summed E-state index contributed by atoms with van der Waals surface area (Å²) in [5.74, 6) is -8.90. The first kappa shape index (κ1) is 51.2. The van der Waals surface area contributed by atoms with E-state index in [4.69, 9.17) is 18.3 Å². The van der Waals surface area contributed by atoms with E-state index in [1.54, 1.807) is 12.1 Å². The fourth-order valence-corrected chi connectivity index (χ4v) is 7.93. The van der Waals surface area contributed by atoms with E-state index in [1.165, 1.54) is 82.1 Å². The minimum absolute atomic E-state index is 0.0271. The zero-order chi connectivity index (χ0) is 48.3. The van der Waals surface area contributed by atoms with Crippen LogP contribution in [0.3, 0.4) is 0 Å². The quantitative estimate of drug-likeness (QED) is 0.0576. The number of aromatic nitrogens is 1. The Morgan fingerprint density at radius 3 is 1.76 bits per heavy atom. The number of unbranched alkanes of at least 4 members (excludes halogenated alkanes) is 9. The summed E-state index contributed by atoms with van der Waals surface area (Å²) in [4.78, 5) is 81.2. The normalized spacial score (nSPS) is 12.8. The van der Waals surface area contributed by atoms with Crippen LogP contribution >= 0.6 is 0 Å². The van der Waals surface area contributed by atoms with Crippen LogP contribution in [0, 0.1) is 0 Å². The molecule has 0 bridgehead atoms. The molecule has 1 amide bonds. The van der Waals surface area contributed by atoms with Crippen molar-refractivity contribution in [2.75, 3.05) is 81.9 Å². The molecule has 20 heteroatoms. The number of fused-ring (bicyclic) bond motifs is 1. The number of nitrogens with zero attached hydrogens (tertiary/aromatic N) is 5. The number of ether oxygens (including phenoxy) is 2. The topological polar surface area (TPSA) is 288 Å². The van der Waals surface area contributed by atoms with E-state index in [0.29, 0.717) is 24.0 Å². The number of carbonyl (C=O) groups excluding carboxylic acids is 6. The molecule has 67 heavy (non-hydrogen) atoms. The lowest BCUT2D eigenvalue weighted by Crippen LogP contribution is -2.48. The highest BCUT2D eigenvalue weighted by atomic mass is 16.5. The minimum Gasteiger partial charge on any atom is -0.548 e. The van der Waals surface area contributed by atoms with Gasteiger partial charge >= 0.3 is 0 Å². The van der Waals surface area contributed by atoms with Crippen molar-refractivity contribution in [1.29, 1.82) is 0 Å². The number of carbonyl (C=O) groups is 6. The summed E-state index contributed by atoms with van der Waals surface area (Å²) in [6.45, 7) is 2.03. The zero-order valence-corrected chi connectivity index (χ0v) is 37.7. The number of carboxylic acids is 5. The number of hydrogen-bond donors (Lipinski definition) is 0. The molecule has 0 radical (unpaired) electrons. The van der Waals surface area contributed by atoms with E-state index >= 15 is 0 Å². The van der Waals surface area contributed by atoms with Gasteiger partial charge in [-0.1, -0.05) is 70.8 Å². The van der Waals surface area contributed by atoms with E-state index in [9.17, 15) is 54.3 Å². The van der Waals surface area contributed by atoms with E-state index in [-0.39, 0.29) is 72.1 Å². The average Bonchev–Trinajstić information content (AvgIpc) is 3.95. The van der Waals surface area contributed by atoms with Gasteiger partial charge in [0.05, 0.1) is 67.6 Å². The van der Waals surface area contributed by atoms with Crippen LogP contribution in [0.5, 0.6) is 11.5 Å². The smallest absolute Gasteiger partial charge is 0.263 e. The van der Waals surface area contributed by atoms with E-state index in [2.05, 4.69) is 16.8 Å². The third-order valence-corrected chi connectivity index (χ3v) is 11.3. The molecule has 1 aliphatic heterocycles. The molecular weight excluding hydrogens is 875 g/mol. The second kappa shape index (κ2) is 25.8. The van der Waals surface area contributed by atoms with Crippen LogP contribution in [0.25, 0.3) is 22.6 Å². The van der Waals surface area contributed by atoms with Gasteiger partial charge in [-0.05, 0) is 49.2 Å². The summed E-state index contributed by atoms with van der Waals surface area (Å²) in [5, 5.41) is 58.2. The molecule has 1 saturated heterocycles. The third-order valence-electron chi connectivity index (χ3n) is 11.3. The Morgan fingerprint density at radius 1 is 0.657 bits per heavy atom. The maximum Gasteiger partial charge on any atom is 0.263 e. The molecule has 2 aromatic carbocycles. The number of aliphatic carboxylic acids is 4. The number of aryl methyl sites for hydroxylation is 1. The number of aromatic carboxylic acids is 1. The fourth-order valence-electron chi connectivity index (χ4n) is 7.93. The lowest BCUT2D eigenvalue weighted by molar-refractivity contribution is -0.307. The van der Waals surface area contributed by atoms with Crippen molar-refractivity contribution in [3.8, 4) is 23.1 Å². The maximum absolute atomic E-state index is 13.3. The van der Waals surface area contributed by atoms with Crippen molar-refractivity contribution in [3.63, 3.8) is 0 Å². The van der Waals surface area contributed by atoms with Gasteiger partial charge in [-0.2, -0.15) is 0 Å². The van der Waals surface area contributed by atoms with Crippen molar-refractivity contribution in [3.05, 3.63) is 53.9 Å². The lowest BCUT2D eigenvalue weighted by Gasteiger charge is -2.35. The van der Waals surface area contributed by atoms with Crippen LogP contribution in [0.2, 0.25) is 0 Å². The number of anilines is 2. The van der Waals surface area contributed by atoms with E-state index in [1.807, 2.05) is 4.90 Å². The molecule has 0 unspecified atom stereocenters. The lowest BCUT2D eigenvalue weighted by atomic mass is 10.1. The molecule has 5 rings (SSSR count). The summed E-state index contributed by atoms with van der Waals surface area (Å²) in [7, 11) is 0. The Bertz CT molecular complexity index is 2270. The first-order chi connectivity index (χ1) is 32.2. The number of furan rings is 1. The molecule has 20 nitrogen and oxygen atoms in total. The second-order valence-electron chi connectivity index (χ2n) is 16.4. The Labute approximate surface area is 387 Å². The molecule has 4 aromatic rings. The summed E-state index contributed by atoms with van der Waals surface area (Å²) in [6.07, 6.45) is 14.1. The van der Waals surface area contributed by atoms with E-state index in [0.717, 1.165) is 42.1 Å². The van der Waals surface area contributed by atoms with Crippen molar-refractivity contribution in [1.82, 2.24) is 14.8 Å². The van der Waals surface area contributed by atoms with Gasteiger partial charge in [-0.3, -0.25) is 9.69 Å². The highest BCUT2D eigenvalue weighted by Gasteiger charge is 2.23. The van der Waals surface area contributed by atoms with Crippen molar-refractivity contribution >= 4 is 58.1 Å². The fraction of sp³-hybridized carbons (Fsp3) is 0.511. The number of piperazine rings is 1. The highest BCUT2D eigenvalue weighted by molar-refractivity contribution is 5.90. The molecular formula is C47H56N5O15-5. The number of carboxylic acid groups (broad SMARTS) is 5. The number of rotatable bonds is 31. The molecule has 364 valence electrons. The zero-order valence-electron chi connectivity index (χ0n) is 37.7. The van der Waals surface area contributed by atoms with Gasteiger partial charge in [0.1, 0.15) is 36.3 Å². The van der Waals surface area contributed by atoms with Crippen LogP contribution < -0.4 is 44.8 Å². The summed E-state index contributed by atoms with van der Waals surface area (Å²) >= 11 is 0. The summed E-state index contributed by atoms with van der Waals surface area (Å²) in [5.41, 5.74) is 0.696. The monoisotopic (exact) mass is 930 g/mol. The molecule has 0 aliphatic carbocycles. The van der Waals surface area contributed by atoms with Gasteiger partial charge in [-0.15, -0.1) is 0 Å². The predicted molar refractivity (Wildman–Crippen MR) is 231 cm³/mol. The molecule has 3 heterocycles. The van der Waals surface area contributed by atoms with Crippen molar-refractivity contribution in [2.24, 2.45) is 0 Å². The van der Waals surface area contributed by atoms with Crippen LogP contribution in [-0.4, -0.2) is 123 Å². The molecule has 0 atom stereocenters. The Hall–Kier alpha value is -6.83. The molecule has 2 aromatic heterocycles. The largest absolute Gasteiger partial charge is 0.548 e. The van der Waals surface area contributed by atoms with Crippen LogP contribution in [0.1, 0.15) is 93.7 Å². The molecule has 0 spiro atoms. The third kappa shape index (κ3) is 16.2. The predicted octanol–water partition coefficient (Wildman–Crippen LogP) is -0.481. The van der Waals surface area contributed by atoms with Gasteiger partial charge in [0.25, 0.3) is 5.89 Å². The Morgan fingerprint density at radius 2 is 1.21 bits per heavy atom. The van der Waals surface area contributed by atoms with Gasteiger partial charge < -0.3 is 82.5 Å². The van der Waals surface area contributed by atoms with Crippen LogP contribution in [0.4, 0.5) is 11.4 Å². The molecule has 0 N–H and O–H groups in total. The number of amides is 1. The first-order valence-electron chi connectivity index (χ1n) is 22.6. The maximum atomic E-state index is 13.3. The second-order valence-corrected chi connectivity index (χ2v) is 16.4. The highest BCUT2D eigenvalue weighted by Crippen LogP contribution is 2.37. The number of hydrogen-bond acceptors (Lipinski definition) is 19. The molecule has 1 aliphatic rings. The minimum atomic E-state index is -1.63. The number of benzene rings is 2. The van der Waals surface area contributed by atoms with E-state index < -0.39 is 61.8 Å². The Balaban J connectivity index is 1.24.